The van der Waals surface area contributed by atoms with Gasteiger partial charge < -0.3 is 9.13 Å². The van der Waals surface area contributed by atoms with Gasteiger partial charge in [-0.25, -0.2) is 0 Å². The maximum absolute atomic E-state index is 14.0. The van der Waals surface area contributed by atoms with Gasteiger partial charge in [-0.15, -0.1) is 0 Å². The van der Waals surface area contributed by atoms with E-state index in [0.717, 1.165) is 78.0 Å². The number of benzene rings is 9. The summed E-state index contributed by atoms with van der Waals surface area (Å²) in [5.74, 6) is 0. The molecule has 0 atom stereocenters. The van der Waals surface area contributed by atoms with Crippen LogP contribution in [-0.2, 0) is 6.18 Å². The molecule has 0 unspecified atom stereocenters. The second kappa shape index (κ2) is 16.1. The van der Waals surface area contributed by atoms with Crippen molar-refractivity contribution in [2.24, 2.45) is 0 Å². The largest absolute Gasteiger partial charge is 0.416 e. The summed E-state index contributed by atoms with van der Waals surface area (Å²) in [6, 6.07) is 66.5. The van der Waals surface area contributed by atoms with Crippen LogP contribution in [0.5, 0.6) is 0 Å². The van der Waals surface area contributed by atoms with Gasteiger partial charge in [0.15, 0.2) is 0 Å². The maximum Gasteiger partial charge on any atom is 0.416 e. The fourth-order valence-electron chi connectivity index (χ4n) is 9.73. The smallest absolute Gasteiger partial charge is 0.309 e. The van der Waals surface area contributed by atoms with Gasteiger partial charge in [0.25, 0.3) is 0 Å². The molecule has 0 bridgehead atoms. The van der Waals surface area contributed by atoms with E-state index >= 15 is 0 Å². The number of halogens is 3. The van der Waals surface area contributed by atoms with Crippen LogP contribution in [0.15, 0.2) is 188 Å². The van der Waals surface area contributed by atoms with E-state index < -0.39 is 11.7 Å². The number of hydrogen-bond acceptors (Lipinski definition) is 4. The van der Waals surface area contributed by atoms with Crippen molar-refractivity contribution >= 4 is 43.6 Å². The number of aromatic nitrogens is 2. The van der Waals surface area contributed by atoms with E-state index in [0.29, 0.717) is 50.3 Å². The minimum Gasteiger partial charge on any atom is -0.309 e. The van der Waals surface area contributed by atoms with Crippen molar-refractivity contribution in [2.45, 2.75) is 6.18 Å². The lowest BCUT2D eigenvalue weighted by Gasteiger charge is -2.21. The zero-order valence-corrected chi connectivity index (χ0v) is 35.7. The van der Waals surface area contributed by atoms with Gasteiger partial charge in [0, 0.05) is 32.7 Å². The lowest BCUT2D eigenvalue weighted by molar-refractivity contribution is -0.137. The molecule has 318 valence electrons. The zero-order chi connectivity index (χ0) is 46.7. The second-order valence-corrected chi connectivity index (χ2v) is 16.4. The molecule has 11 rings (SSSR count). The highest BCUT2D eigenvalue weighted by Gasteiger charge is 2.31. The molecule has 9 heteroatoms. The number of hydrogen-bond donors (Lipinski definition) is 0. The van der Waals surface area contributed by atoms with E-state index in [1.807, 2.05) is 140 Å². The first-order valence-electron chi connectivity index (χ1n) is 21.6. The van der Waals surface area contributed by atoms with Gasteiger partial charge in [-0.05, 0) is 118 Å². The fourth-order valence-corrected chi connectivity index (χ4v) is 9.73. The Morgan fingerprint density at radius 1 is 0.338 bits per heavy atom. The van der Waals surface area contributed by atoms with Crippen molar-refractivity contribution in [1.29, 1.82) is 21.0 Å². The molecule has 0 aliphatic carbocycles. The second-order valence-electron chi connectivity index (χ2n) is 16.4. The van der Waals surface area contributed by atoms with Crippen molar-refractivity contribution in [2.75, 3.05) is 0 Å². The molecule has 68 heavy (non-hydrogen) atoms. The summed E-state index contributed by atoms with van der Waals surface area (Å²) in [4.78, 5) is 0. The monoisotopic (exact) mass is 880 g/mol. The molecule has 0 radical (unpaired) electrons. The number of fused-ring (bicyclic) bond motifs is 6. The minimum atomic E-state index is -4.66. The molecule has 0 amide bonds. The molecule has 2 heterocycles. The minimum absolute atomic E-state index is 0.148. The van der Waals surface area contributed by atoms with Crippen molar-refractivity contribution in [1.82, 2.24) is 9.13 Å². The molecule has 0 fully saturated rings. The standard InChI is InChI=1S/C59H31F3N6/c60-59(61,62)43-23-24-46(42(28-43)35-66)38-22-27-56(67-52-17-7-5-15-47(52)49-29-36(20-25-54(49)67)44-13-3-1-10-39(44)32-63)51(31-38)58-41(34-65)12-9-19-57(58)68-53-18-8-6-16-48(53)50-30-37(21-26-55(50)68)45-14-4-2-11-40(45)33-64/h1-31H. The van der Waals surface area contributed by atoms with Crippen molar-refractivity contribution in [3.05, 3.63) is 216 Å². The van der Waals surface area contributed by atoms with E-state index in [4.69, 9.17) is 0 Å². The van der Waals surface area contributed by atoms with Crippen LogP contribution in [0.2, 0.25) is 0 Å². The number of alkyl halides is 3. The Hall–Kier alpha value is -9.67. The Morgan fingerprint density at radius 3 is 1.35 bits per heavy atom. The molecule has 6 nitrogen and oxygen atoms in total. The molecule has 11 aromatic rings. The summed E-state index contributed by atoms with van der Waals surface area (Å²) in [5, 5.41) is 45.1. The van der Waals surface area contributed by atoms with E-state index in [9.17, 15) is 34.2 Å². The van der Waals surface area contributed by atoms with Gasteiger partial charge in [0.2, 0.25) is 0 Å². The highest BCUT2D eigenvalue weighted by atomic mass is 19.4. The first kappa shape index (κ1) is 41.1. The average molecular weight is 881 g/mol. The predicted molar refractivity (Wildman–Crippen MR) is 261 cm³/mol. The summed E-state index contributed by atoms with van der Waals surface area (Å²) < 4.78 is 46.3. The fraction of sp³-hybridized carbons (Fsp3) is 0.0169. The summed E-state index contributed by atoms with van der Waals surface area (Å²) in [6.07, 6.45) is -4.66. The first-order valence-corrected chi connectivity index (χ1v) is 21.6. The molecule has 9 aromatic carbocycles. The molecule has 0 aliphatic rings. The quantitative estimate of drug-likeness (QED) is 0.166. The van der Waals surface area contributed by atoms with Gasteiger partial charge in [-0.3, -0.25) is 0 Å². The van der Waals surface area contributed by atoms with E-state index in [1.165, 1.54) is 6.07 Å². The number of nitrogens with zero attached hydrogens (tertiary/aromatic N) is 6. The van der Waals surface area contributed by atoms with Crippen molar-refractivity contribution < 1.29 is 13.2 Å². The van der Waals surface area contributed by atoms with E-state index in [2.05, 4.69) is 39.5 Å². The van der Waals surface area contributed by atoms with Crippen LogP contribution < -0.4 is 0 Å². The molecule has 0 saturated carbocycles. The van der Waals surface area contributed by atoms with Crippen LogP contribution in [0.3, 0.4) is 0 Å². The van der Waals surface area contributed by atoms with Crippen LogP contribution in [-0.4, -0.2) is 9.13 Å². The third-order valence-corrected chi connectivity index (χ3v) is 12.8. The first-order chi connectivity index (χ1) is 33.2. The molecule has 0 N–H and O–H groups in total. The van der Waals surface area contributed by atoms with Gasteiger partial charge in [0.05, 0.1) is 85.5 Å². The molecule has 0 aliphatic heterocycles. The van der Waals surface area contributed by atoms with E-state index in [-0.39, 0.29) is 5.56 Å². The van der Waals surface area contributed by atoms with Gasteiger partial charge in [-0.1, -0.05) is 103 Å². The van der Waals surface area contributed by atoms with Gasteiger partial charge in [0.1, 0.15) is 0 Å². The molecular weight excluding hydrogens is 850 g/mol. The van der Waals surface area contributed by atoms with Crippen LogP contribution >= 0.6 is 0 Å². The normalized spacial score (nSPS) is 11.4. The maximum atomic E-state index is 14.0. The average Bonchev–Trinajstić information content (AvgIpc) is 3.89. The zero-order valence-electron chi connectivity index (χ0n) is 35.7. The lowest BCUT2D eigenvalue weighted by atomic mass is 9.91. The molecule has 0 saturated heterocycles. The van der Waals surface area contributed by atoms with Gasteiger partial charge in [-0.2, -0.15) is 34.2 Å². The Labute approximate surface area is 387 Å². The molecular formula is C59H31F3N6. The predicted octanol–water partition coefficient (Wildman–Crippen LogP) is 15.1. The molecule has 2 aromatic heterocycles. The SMILES string of the molecule is N#Cc1ccccc1-c1ccc2c(c1)c1ccccc1n2-c1ccc(-c2ccc(C(F)(F)F)cc2C#N)cc1-c1c(C#N)cccc1-n1c2ccccc2c2cc(-c3ccccc3C#N)ccc21. The number of para-hydroxylation sites is 2. The Bertz CT molecular complexity index is 4090. The third-order valence-electron chi connectivity index (χ3n) is 12.8. The molecule has 0 spiro atoms. The lowest BCUT2D eigenvalue weighted by Crippen LogP contribution is -2.06. The van der Waals surface area contributed by atoms with Crippen molar-refractivity contribution in [3.63, 3.8) is 0 Å². The van der Waals surface area contributed by atoms with Crippen LogP contribution in [0, 0.1) is 45.3 Å². The Kier molecular flexibility index (Phi) is 9.72. The van der Waals surface area contributed by atoms with Crippen LogP contribution in [0.4, 0.5) is 13.2 Å². The summed E-state index contributed by atoms with van der Waals surface area (Å²) in [6.45, 7) is 0. The highest BCUT2D eigenvalue weighted by Crippen LogP contribution is 2.45. The summed E-state index contributed by atoms with van der Waals surface area (Å²) >= 11 is 0. The van der Waals surface area contributed by atoms with Gasteiger partial charge >= 0.3 is 6.18 Å². The number of rotatable bonds is 6. The van der Waals surface area contributed by atoms with Crippen LogP contribution in [0.1, 0.15) is 27.8 Å². The third kappa shape index (κ3) is 6.54. The highest BCUT2D eigenvalue weighted by molar-refractivity contribution is 6.13. The van der Waals surface area contributed by atoms with Crippen molar-refractivity contribution in [3.8, 4) is 80.2 Å². The number of nitriles is 4. The Balaban J connectivity index is 1.23. The Morgan fingerprint density at radius 2 is 0.794 bits per heavy atom. The van der Waals surface area contributed by atoms with Crippen LogP contribution in [0.25, 0.3) is 99.5 Å². The topological polar surface area (TPSA) is 105 Å². The summed E-state index contributed by atoms with van der Waals surface area (Å²) in [5.41, 5.74) is 10.4. The summed E-state index contributed by atoms with van der Waals surface area (Å²) in [7, 11) is 0. The van der Waals surface area contributed by atoms with E-state index in [1.54, 1.807) is 24.3 Å².